The van der Waals surface area contributed by atoms with E-state index in [1.54, 1.807) is 6.92 Å². The van der Waals surface area contributed by atoms with Crippen LogP contribution < -0.4 is 20.9 Å². The summed E-state index contributed by atoms with van der Waals surface area (Å²) >= 11 is 8.97. The molecule has 0 amide bonds. The second-order valence-electron chi connectivity index (χ2n) is 7.92. The Morgan fingerprint density at radius 1 is 1.41 bits per heavy atom. The molecule has 0 saturated carbocycles. The number of carbonyl (C=O) groups is 1. The predicted octanol–water partition coefficient (Wildman–Crippen LogP) is 2.95. The van der Waals surface area contributed by atoms with Gasteiger partial charge in [0.25, 0.3) is 5.56 Å². The van der Waals surface area contributed by atoms with Crippen LogP contribution in [-0.4, -0.2) is 52.1 Å². The summed E-state index contributed by atoms with van der Waals surface area (Å²) in [7, 11) is -4.21. The molecule has 1 aromatic heterocycles. The van der Waals surface area contributed by atoms with Crippen molar-refractivity contribution in [2.24, 2.45) is 0 Å². The maximum Gasteiger partial charge on any atom is 0.459 e. The number of aliphatic hydroxyl groups excluding tert-OH is 1. The predicted molar refractivity (Wildman–Crippen MR) is 139 cm³/mol. The quantitative estimate of drug-likeness (QED) is 0.251. The van der Waals surface area contributed by atoms with Crippen LogP contribution in [0, 0.1) is 0 Å². The number of aliphatic hydroxyl groups is 1. The van der Waals surface area contributed by atoms with E-state index < -0.39 is 56.0 Å². The van der Waals surface area contributed by atoms with Crippen LogP contribution in [0.25, 0.3) is 6.08 Å². The molecular formula is C22H26BrClN3O9P. The molecule has 1 fully saturated rings. The van der Waals surface area contributed by atoms with Crippen LogP contribution in [-0.2, 0) is 23.4 Å². The van der Waals surface area contributed by atoms with E-state index >= 15 is 0 Å². The van der Waals surface area contributed by atoms with Crippen LogP contribution in [0.5, 0.6) is 5.75 Å². The number of H-pyrrole nitrogens is 1. The second kappa shape index (κ2) is 13.0. The first kappa shape index (κ1) is 29.3. The van der Waals surface area contributed by atoms with Gasteiger partial charge in [-0.3, -0.25) is 23.7 Å². The first-order valence-electron chi connectivity index (χ1n) is 11.1. The Kier molecular flexibility index (Phi) is 10.3. The fourth-order valence-corrected chi connectivity index (χ4v) is 5.30. The van der Waals surface area contributed by atoms with Crippen LogP contribution in [0.15, 0.2) is 45.0 Å². The average Bonchev–Trinajstić information content (AvgIpc) is 3.21. The smallest absolute Gasteiger partial charge is 0.459 e. The van der Waals surface area contributed by atoms with Gasteiger partial charge >= 0.3 is 19.4 Å². The van der Waals surface area contributed by atoms with Crippen molar-refractivity contribution in [3.05, 3.63) is 66.9 Å². The Hall–Kier alpha value is -2.25. The summed E-state index contributed by atoms with van der Waals surface area (Å²) < 4.78 is 36.5. The van der Waals surface area contributed by atoms with E-state index in [0.717, 1.165) is 4.57 Å². The topological polar surface area (TPSA) is 158 Å². The Labute approximate surface area is 225 Å². The average molecular weight is 623 g/mol. The van der Waals surface area contributed by atoms with Gasteiger partial charge in [-0.1, -0.05) is 27.5 Å². The molecule has 0 bridgehead atoms. The minimum Gasteiger partial charge on any atom is -0.465 e. The number of rotatable bonds is 11. The zero-order valence-corrected chi connectivity index (χ0v) is 23.1. The fourth-order valence-electron chi connectivity index (χ4n) is 3.39. The van der Waals surface area contributed by atoms with Crippen molar-refractivity contribution in [2.45, 2.75) is 44.7 Å². The maximum absolute atomic E-state index is 13.6. The molecule has 0 spiro atoms. The number of aromatic nitrogens is 2. The molecule has 202 valence electrons. The summed E-state index contributed by atoms with van der Waals surface area (Å²) in [4.78, 5) is 40.0. The molecule has 37 heavy (non-hydrogen) atoms. The van der Waals surface area contributed by atoms with E-state index in [0.29, 0.717) is 5.02 Å². The van der Waals surface area contributed by atoms with Crippen molar-refractivity contribution >= 4 is 47.3 Å². The summed E-state index contributed by atoms with van der Waals surface area (Å²) in [5.41, 5.74) is -1.12. The highest BCUT2D eigenvalue weighted by Crippen LogP contribution is 2.46. The van der Waals surface area contributed by atoms with Gasteiger partial charge in [0.1, 0.15) is 24.1 Å². The molecule has 15 heteroatoms. The summed E-state index contributed by atoms with van der Waals surface area (Å²) in [6.07, 6.45) is -0.311. The normalized spacial score (nSPS) is 22.0. The highest BCUT2D eigenvalue weighted by molar-refractivity contribution is 9.11. The highest BCUT2D eigenvalue weighted by atomic mass is 79.9. The molecule has 1 aliphatic heterocycles. The number of hydrogen-bond donors (Lipinski definition) is 3. The van der Waals surface area contributed by atoms with E-state index in [9.17, 15) is 24.1 Å². The van der Waals surface area contributed by atoms with Crippen molar-refractivity contribution in [3.8, 4) is 5.75 Å². The summed E-state index contributed by atoms with van der Waals surface area (Å²) in [5.74, 6) is -0.525. The van der Waals surface area contributed by atoms with Crippen LogP contribution in [0.4, 0.5) is 0 Å². The van der Waals surface area contributed by atoms with Crippen molar-refractivity contribution < 1.29 is 33.0 Å². The number of ether oxygens (including phenoxy) is 2. The minimum absolute atomic E-state index is 0.00750. The van der Waals surface area contributed by atoms with Crippen molar-refractivity contribution in [1.82, 2.24) is 14.6 Å². The molecular weight excluding hydrogens is 597 g/mol. The Morgan fingerprint density at radius 2 is 2.11 bits per heavy atom. The molecule has 1 saturated heterocycles. The number of benzene rings is 1. The first-order valence-corrected chi connectivity index (χ1v) is 14.0. The lowest BCUT2D eigenvalue weighted by molar-refractivity contribution is -0.144. The van der Waals surface area contributed by atoms with Crippen molar-refractivity contribution in [1.29, 1.82) is 0 Å². The van der Waals surface area contributed by atoms with E-state index in [1.807, 2.05) is 0 Å². The van der Waals surface area contributed by atoms with Crippen LogP contribution in [0.1, 0.15) is 32.1 Å². The fraction of sp³-hybridized carbons (Fsp3) is 0.409. The van der Waals surface area contributed by atoms with Gasteiger partial charge in [-0.25, -0.2) is 9.36 Å². The molecule has 1 unspecified atom stereocenters. The molecule has 3 rings (SSSR count). The van der Waals surface area contributed by atoms with Crippen LogP contribution in [0.2, 0.25) is 5.02 Å². The summed E-state index contributed by atoms with van der Waals surface area (Å²) in [5, 5.41) is 13.5. The van der Waals surface area contributed by atoms with Gasteiger partial charge in [0.2, 0.25) is 0 Å². The number of hydrogen-bond acceptors (Lipinski definition) is 9. The zero-order valence-electron chi connectivity index (χ0n) is 19.8. The van der Waals surface area contributed by atoms with Gasteiger partial charge in [0, 0.05) is 17.6 Å². The molecule has 2 aromatic rings. The number of esters is 1. The van der Waals surface area contributed by atoms with Gasteiger partial charge in [0.05, 0.1) is 24.9 Å². The number of halogens is 2. The molecule has 3 N–H and O–H groups in total. The lowest BCUT2D eigenvalue weighted by Gasteiger charge is -2.24. The lowest BCUT2D eigenvalue weighted by Crippen LogP contribution is -2.36. The first-order chi connectivity index (χ1) is 17.5. The number of nitrogens with zero attached hydrogens (tertiary/aromatic N) is 1. The van der Waals surface area contributed by atoms with E-state index in [2.05, 4.69) is 26.0 Å². The summed E-state index contributed by atoms with van der Waals surface area (Å²) in [6, 6.07) is 4.92. The highest BCUT2D eigenvalue weighted by Gasteiger charge is 2.39. The van der Waals surface area contributed by atoms with Crippen molar-refractivity contribution in [2.75, 3.05) is 13.2 Å². The molecule has 0 radical (unpaired) electrons. The molecule has 0 aliphatic carbocycles. The van der Waals surface area contributed by atoms with Gasteiger partial charge in [-0.15, -0.1) is 0 Å². The molecule has 1 aliphatic rings. The Balaban J connectivity index is 1.76. The molecule has 1 aromatic carbocycles. The number of carbonyl (C=O) groups excluding carboxylic acids is 1. The Bertz CT molecular complexity index is 1280. The second-order valence-corrected chi connectivity index (χ2v) is 10.6. The SMILES string of the molecule is CCOC(=O)[C@H](C)NP(=O)(OC[C@H]1O[C@@H](n2cc(/C=C/Br)c(=O)[nH]c2=O)C[C@H]1O)Oc1ccc(Cl)cc1. The van der Waals surface area contributed by atoms with E-state index in [1.165, 1.54) is 48.4 Å². The standard InChI is InChI=1S/C22H26BrClN3O9P/c1-3-33-21(30)13(2)26-37(32,36-16-6-4-15(24)5-7-16)34-12-18-17(28)10-19(35-18)27-11-14(8-9-23)20(29)25-22(27)31/h4-9,11,13,17-19,28H,3,10,12H2,1-2H3,(H,26,32)(H,25,29,31)/b9-8+/t13-,17+,18+,19+,37?/m0/s1. The third-order valence-electron chi connectivity index (χ3n) is 5.19. The van der Waals surface area contributed by atoms with Crippen molar-refractivity contribution in [3.63, 3.8) is 0 Å². The Morgan fingerprint density at radius 3 is 2.76 bits per heavy atom. The lowest BCUT2D eigenvalue weighted by atomic mass is 10.2. The van der Waals surface area contributed by atoms with Gasteiger partial charge in [-0.2, -0.15) is 5.09 Å². The van der Waals surface area contributed by atoms with E-state index in [4.69, 9.17) is 30.1 Å². The molecule has 5 atom stereocenters. The molecule has 12 nitrogen and oxygen atoms in total. The maximum atomic E-state index is 13.6. The monoisotopic (exact) mass is 621 g/mol. The molecule has 2 heterocycles. The van der Waals surface area contributed by atoms with Crippen LogP contribution in [0.3, 0.4) is 0 Å². The number of nitrogens with one attached hydrogen (secondary N) is 2. The zero-order chi connectivity index (χ0) is 27.2. The van der Waals surface area contributed by atoms with Gasteiger partial charge < -0.3 is 19.1 Å². The van der Waals surface area contributed by atoms with E-state index in [-0.39, 0.29) is 24.3 Å². The third kappa shape index (κ3) is 7.87. The van der Waals surface area contributed by atoms with Gasteiger partial charge in [-0.05, 0) is 49.2 Å². The number of aromatic amines is 1. The van der Waals surface area contributed by atoms with Crippen LogP contribution >= 0.6 is 35.3 Å². The third-order valence-corrected chi connectivity index (χ3v) is 7.35. The summed E-state index contributed by atoms with van der Waals surface area (Å²) in [6.45, 7) is 2.76. The largest absolute Gasteiger partial charge is 0.465 e. The van der Waals surface area contributed by atoms with Gasteiger partial charge in [0.15, 0.2) is 0 Å². The minimum atomic E-state index is -4.21.